The number of hydrogen-bond donors (Lipinski definition) is 6. The van der Waals surface area contributed by atoms with Crippen LogP contribution in [-0.4, -0.2) is 295 Å². The fourth-order valence-corrected chi connectivity index (χ4v) is 12.7. The number of halogens is 4. The van der Waals surface area contributed by atoms with Gasteiger partial charge < -0.3 is 97.1 Å². The van der Waals surface area contributed by atoms with E-state index in [-0.39, 0.29) is 75.9 Å². The van der Waals surface area contributed by atoms with Crippen molar-refractivity contribution in [2.24, 2.45) is 11.5 Å². The maximum absolute atomic E-state index is 14.1. The summed E-state index contributed by atoms with van der Waals surface area (Å²) < 4.78 is 170. The number of aryl methyl sites for hydroxylation is 6. The Morgan fingerprint density at radius 3 is 1.27 bits per heavy atom. The number of fused-ring (bicyclic) bond motifs is 2. The van der Waals surface area contributed by atoms with Gasteiger partial charge in [-0.15, -0.1) is 0 Å². The summed E-state index contributed by atoms with van der Waals surface area (Å²) >= 11 is 0. The zero-order chi connectivity index (χ0) is 84.2. The van der Waals surface area contributed by atoms with E-state index in [2.05, 4.69) is 40.7 Å². The SMILES string of the molecule is CCn1nc(C)cc1C(=O)Nc1nc2cc(C(N)=O)cc(OC)c2n1CCCCn1c(NC(=O)c2cc(C)nn2CC)nc2cc(C(N)=O)cc(OCCCN3CCN(CCNC(=O)OCCOCCOCCOCCOCCOCCOCCOCCOCCOCCOCCC(=O)Oc4c(F)c(F)c(S(=O)(=O)O)c(F)c4F)CC3)c21. The van der Waals surface area contributed by atoms with Crippen LogP contribution in [0.25, 0.3) is 22.1 Å². The highest BCUT2D eigenvalue weighted by Gasteiger charge is 2.35. The Balaban J connectivity index is 0.620. The number of amides is 5. The van der Waals surface area contributed by atoms with Crippen molar-refractivity contribution in [3.05, 3.63) is 93.6 Å². The molecule has 0 aliphatic carbocycles. The first-order chi connectivity index (χ1) is 56.4. The third-order valence-electron chi connectivity index (χ3n) is 17.7. The molecule has 8 N–H and O–H groups in total. The number of carbonyl (C=O) groups excluding carboxylic acids is 6. The normalized spacial score (nSPS) is 12.8. The predicted octanol–water partition coefficient (Wildman–Crippen LogP) is 4.70. The Morgan fingerprint density at radius 1 is 0.496 bits per heavy atom. The average Bonchev–Trinajstić information content (AvgIpc) is 1.74. The molecule has 3 aromatic carbocycles. The number of alkyl carbamates (subject to hydrolysis) is 1. The van der Waals surface area contributed by atoms with Gasteiger partial charge in [0.15, 0.2) is 16.5 Å². The maximum Gasteiger partial charge on any atom is 0.407 e. The Hall–Kier alpha value is -9.61. The number of carbonyl (C=O) groups is 6. The Morgan fingerprint density at radius 2 is 0.880 bits per heavy atom. The first-order valence-electron chi connectivity index (χ1n) is 38.1. The summed E-state index contributed by atoms with van der Waals surface area (Å²) in [4.78, 5) is 89.4. The minimum absolute atomic E-state index is 0.00618. The highest BCUT2D eigenvalue weighted by atomic mass is 32.2. The number of rotatable bonds is 57. The van der Waals surface area contributed by atoms with Gasteiger partial charge in [-0.25, -0.2) is 23.5 Å². The van der Waals surface area contributed by atoms with Gasteiger partial charge in [-0.05, 0) is 83.4 Å². The van der Waals surface area contributed by atoms with Gasteiger partial charge in [-0.2, -0.15) is 27.4 Å². The van der Waals surface area contributed by atoms with Gasteiger partial charge in [-0.3, -0.25) is 53.4 Å². The molecule has 0 unspecified atom stereocenters. The van der Waals surface area contributed by atoms with Crippen molar-refractivity contribution in [3.8, 4) is 17.2 Å². The molecule has 1 aliphatic rings. The van der Waals surface area contributed by atoms with Crippen LogP contribution in [0.2, 0.25) is 0 Å². The Labute approximate surface area is 672 Å². The number of nitrogens with one attached hydrogen (secondary N) is 3. The van der Waals surface area contributed by atoms with Gasteiger partial charge in [0.05, 0.1) is 175 Å². The number of nitrogens with two attached hydrogens (primary N) is 2. The second kappa shape index (κ2) is 48.3. The van der Waals surface area contributed by atoms with Gasteiger partial charge in [-0.1, -0.05) is 0 Å². The maximum atomic E-state index is 14.1. The standard InChI is InChI=1S/C74H103F4N15O23S/c1-6-92-55(43-49(3)86-92)70(97)84-72-82-53-45-51(68(79)95)47-57(103-5)64(53)90(72)14-8-9-15-91-65-54(83-73(91)85-71(98)56-44-50(4)87-93(56)7-2)46-52(69(80)96)48-58(65)114-21-10-13-88-17-19-89(20-18-88)16-12-81-74(99)115-42-41-113-40-39-112-38-37-111-36-35-110-34-33-109-32-31-108-30-29-107-28-27-106-26-25-105-24-23-104-22-11-59(94)116-66-60(75)62(77)67(117(100,101)102)63(78)61(66)76/h43-48H,6-42H2,1-5H3,(H2,79,95)(H2,80,96)(H,81,99)(H,82,84,97)(H,83,85,98)(H,100,101,102). The van der Waals surface area contributed by atoms with Crippen LogP contribution >= 0.6 is 0 Å². The number of benzene rings is 3. The highest BCUT2D eigenvalue weighted by Crippen LogP contribution is 2.36. The number of primary amides is 2. The topological polar surface area (TPSA) is 452 Å². The first-order valence-corrected chi connectivity index (χ1v) is 39.6. The van der Waals surface area contributed by atoms with Crippen LogP contribution in [0.4, 0.5) is 34.3 Å². The number of imidazole rings is 2. The van der Waals surface area contributed by atoms with Crippen molar-refractivity contribution in [2.75, 3.05) is 209 Å². The molecule has 1 aliphatic heterocycles. The lowest BCUT2D eigenvalue weighted by Crippen LogP contribution is -2.48. The van der Waals surface area contributed by atoms with Crippen LogP contribution in [0.5, 0.6) is 17.2 Å². The number of nitrogens with zero attached hydrogens (tertiary/aromatic N) is 10. The smallest absolute Gasteiger partial charge is 0.407 e. The molecule has 8 rings (SSSR count). The van der Waals surface area contributed by atoms with Crippen LogP contribution in [-0.2, 0) is 93.2 Å². The minimum Gasteiger partial charge on any atom is -0.494 e. The summed E-state index contributed by atoms with van der Waals surface area (Å²) in [6, 6.07) is 9.61. The number of aromatic nitrogens is 8. The van der Waals surface area contributed by atoms with Crippen LogP contribution in [0, 0.1) is 37.1 Å². The lowest BCUT2D eigenvalue weighted by molar-refractivity contribution is -0.136. The van der Waals surface area contributed by atoms with E-state index >= 15 is 0 Å². The number of hydrogen-bond acceptors (Lipinski definition) is 28. The molecule has 5 amide bonds. The third kappa shape index (κ3) is 28.9. The summed E-state index contributed by atoms with van der Waals surface area (Å²) in [7, 11) is -4.20. The fraction of sp³-hybridized carbons (Fsp3) is 0.568. The predicted molar refractivity (Wildman–Crippen MR) is 410 cm³/mol. The van der Waals surface area contributed by atoms with E-state index in [4.69, 9.17) is 87.6 Å². The zero-order valence-corrected chi connectivity index (χ0v) is 66.9. The van der Waals surface area contributed by atoms with Crippen molar-refractivity contribution in [2.45, 2.75) is 84.5 Å². The molecule has 43 heteroatoms. The number of anilines is 2. The molecule has 1 saturated heterocycles. The lowest BCUT2D eigenvalue weighted by Gasteiger charge is -2.34. The van der Waals surface area contributed by atoms with Gasteiger partial charge in [0, 0.05) is 83.1 Å². The Kier molecular flexibility index (Phi) is 38.4. The number of esters is 1. The summed E-state index contributed by atoms with van der Waals surface area (Å²) in [6.45, 7) is 19.5. The number of unbranched alkanes of at least 4 members (excludes halogenated alkanes) is 1. The van der Waals surface area contributed by atoms with E-state index in [0.29, 0.717) is 207 Å². The third-order valence-corrected chi connectivity index (χ3v) is 18.6. The number of piperazine rings is 1. The molecule has 1 fully saturated rings. The van der Waals surface area contributed by atoms with Crippen LogP contribution in [0.1, 0.15) is 92.6 Å². The molecular weight excluding hydrogens is 1570 g/mol. The number of methoxy groups -OCH3 is 1. The van der Waals surface area contributed by atoms with Gasteiger partial charge in [0.2, 0.25) is 41.1 Å². The number of ether oxygens (including phenoxy) is 14. The van der Waals surface area contributed by atoms with E-state index in [1.54, 1.807) is 53.5 Å². The van der Waals surface area contributed by atoms with Crippen molar-refractivity contribution in [3.63, 3.8) is 0 Å². The van der Waals surface area contributed by atoms with E-state index < -0.39 is 86.1 Å². The summed E-state index contributed by atoms with van der Waals surface area (Å²) in [5, 5.41) is 17.7. The van der Waals surface area contributed by atoms with Crippen molar-refractivity contribution >= 4 is 79.8 Å². The largest absolute Gasteiger partial charge is 0.494 e. The van der Waals surface area contributed by atoms with Gasteiger partial charge >= 0.3 is 22.2 Å². The second-order valence-corrected chi connectivity index (χ2v) is 27.4. The second-order valence-electron chi connectivity index (χ2n) is 26.1. The van der Waals surface area contributed by atoms with Crippen LogP contribution in [0.15, 0.2) is 41.3 Å². The van der Waals surface area contributed by atoms with E-state index in [9.17, 15) is 54.7 Å². The van der Waals surface area contributed by atoms with E-state index in [0.717, 1.165) is 32.7 Å². The molecule has 117 heavy (non-hydrogen) atoms. The molecule has 38 nitrogen and oxygen atoms in total. The Bertz CT molecular complexity index is 4490. The molecule has 646 valence electrons. The quantitative estimate of drug-likeness (QED) is 0.00751. The van der Waals surface area contributed by atoms with Crippen molar-refractivity contribution in [1.82, 2.24) is 53.8 Å². The summed E-state index contributed by atoms with van der Waals surface area (Å²) in [6.07, 6.45) is 0.464. The molecule has 0 spiro atoms. The van der Waals surface area contributed by atoms with Crippen molar-refractivity contribution in [1.29, 1.82) is 0 Å². The van der Waals surface area contributed by atoms with Gasteiger partial charge in [0.1, 0.15) is 40.5 Å². The molecular formula is C74H103F4N15O23S. The van der Waals surface area contributed by atoms with E-state index in [1.807, 2.05) is 23.0 Å². The summed E-state index contributed by atoms with van der Waals surface area (Å²) in [5.74, 6) is -13.9. The lowest BCUT2D eigenvalue weighted by atomic mass is 10.1. The highest BCUT2D eigenvalue weighted by molar-refractivity contribution is 7.85. The molecule has 0 atom stereocenters. The summed E-state index contributed by atoms with van der Waals surface area (Å²) in [5.41, 5.74) is 15.7. The minimum atomic E-state index is -5.66. The van der Waals surface area contributed by atoms with Crippen LogP contribution in [0.3, 0.4) is 0 Å². The van der Waals surface area contributed by atoms with Crippen LogP contribution < -0.4 is 41.6 Å². The van der Waals surface area contributed by atoms with Gasteiger partial charge in [0.25, 0.3) is 11.8 Å². The fourth-order valence-electron chi connectivity index (χ4n) is 12.0. The molecule has 0 bridgehead atoms. The molecule has 5 heterocycles. The monoisotopic (exact) mass is 1680 g/mol. The molecule has 7 aromatic rings. The molecule has 0 saturated carbocycles. The van der Waals surface area contributed by atoms with Crippen molar-refractivity contribution < 1.29 is 126 Å². The molecule has 0 radical (unpaired) electrons. The molecule has 4 aromatic heterocycles. The average molecular weight is 1680 g/mol. The van der Waals surface area contributed by atoms with E-state index in [1.165, 1.54) is 13.2 Å². The zero-order valence-electron chi connectivity index (χ0n) is 66.1. The first kappa shape index (κ1) is 92.9.